The van der Waals surface area contributed by atoms with E-state index in [9.17, 15) is 0 Å². The topological polar surface area (TPSA) is 40.7 Å². The van der Waals surface area contributed by atoms with Gasteiger partial charge >= 0.3 is 107 Å². The standard InChI is InChI=1S/C12H17IN3/c1-12(2,3)10-4-11(14-8-13-5-10)9-6-15-16-7-9/h4-7,14H,8H2,1-3H3,(H,15,16)/q-1. The second kappa shape index (κ2) is 4.61. The van der Waals surface area contributed by atoms with Gasteiger partial charge in [0.15, 0.2) is 0 Å². The van der Waals surface area contributed by atoms with E-state index in [-0.39, 0.29) is 26.6 Å². The van der Waals surface area contributed by atoms with E-state index in [4.69, 9.17) is 0 Å². The van der Waals surface area contributed by atoms with Crippen molar-refractivity contribution in [2.45, 2.75) is 20.8 Å². The number of H-pyrrole nitrogens is 1. The molecule has 0 spiro atoms. The van der Waals surface area contributed by atoms with Crippen LogP contribution in [0.2, 0.25) is 0 Å². The van der Waals surface area contributed by atoms with Gasteiger partial charge in [-0.05, 0) is 0 Å². The molecular formula is C12H17IN3-. The summed E-state index contributed by atoms with van der Waals surface area (Å²) in [6.45, 7) is 6.78. The van der Waals surface area contributed by atoms with Crippen LogP contribution in [0.1, 0.15) is 26.3 Å². The van der Waals surface area contributed by atoms with Crippen LogP contribution in [0.5, 0.6) is 0 Å². The Hall–Kier alpha value is -0.780. The Balaban J connectivity index is 2.33. The van der Waals surface area contributed by atoms with Gasteiger partial charge in [0.1, 0.15) is 0 Å². The summed E-state index contributed by atoms with van der Waals surface area (Å²) < 4.78 is 3.52. The van der Waals surface area contributed by atoms with Gasteiger partial charge in [0.2, 0.25) is 0 Å². The van der Waals surface area contributed by atoms with Gasteiger partial charge in [-0.25, -0.2) is 0 Å². The van der Waals surface area contributed by atoms with Crippen molar-refractivity contribution in [3.05, 3.63) is 33.7 Å². The van der Waals surface area contributed by atoms with Crippen molar-refractivity contribution in [3.63, 3.8) is 0 Å². The molecule has 16 heavy (non-hydrogen) atoms. The Morgan fingerprint density at radius 3 is 2.81 bits per heavy atom. The van der Waals surface area contributed by atoms with Crippen LogP contribution in [0.4, 0.5) is 0 Å². The molecule has 0 aromatic carbocycles. The molecule has 4 heteroatoms. The molecule has 0 saturated carbocycles. The number of halogens is 1. The van der Waals surface area contributed by atoms with Gasteiger partial charge in [-0.15, -0.1) is 0 Å². The molecule has 2 N–H and O–H groups in total. The van der Waals surface area contributed by atoms with Gasteiger partial charge in [-0.2, -0.15) is 0 Å². The molecule has 88 valence electrons. The predicted octanol–water partition coefficient (Wildman–Crippen LogP) is -0.670. The van der Waals surface area contributed by atoms with E-state index in [0.29, 0.717) is 0 Å². The SMILES string of the molecule is CC(C)(C)C1=C[I-]CNC(c2cn[nH]c2)=C1. The summed E-state index contributed by atoms with van der Waals surface area (Å²) in [5.74, 6) is 0. The van der Waals surface area contributed by atoms with Gasteiger partial charge in [-0.1, -0.05) is 0 Å². The first-order valence-corrected chi connectivity index (χ1v) is 8.07. The number of allylic oxidation sites excluding steroid dienone is 2. The molecule has 0 bridgehead atoms. The van der Waals surface area contributed by atoms with E-state index in [1.165, 1.54) is 11.3 Å². The fourth-order valence-corrected chi connectivity index (χ4v) is 3.87. The molecule has 0 aliphatic carbocycles. The minimum absolute atomic E-state index is 0.121. The minimum atomic E-state index is 0.121. The normalized spacial score (nSPS) is 17.7. The number of nitrogens with one attached hydrogen (secondary N) is 2. The van der Waals surface area contributed by atoms with E-state index < -0.39 is 0 Å². The fraction of sp³-hybridized carbons (Fsp3) is 0.417. The number of hydrogen-bond acceptors (Lipinski definition) is 2. The first-order chi connectivity index (χ1) is 7.57. The van der Waals surface area contributed by atoms with Crippen LogP contribution >= 0.6 is 0 Å². The molecular weight excluding hydrogens is 313 g/mol. The van der Waals surface area contributed by atoms with Crippen molar-refractivity contribution in [1.29, 1.82) is 0 Å². The summed E-state index contributed by atoms with van der Waals surface area (Å²) in [6.07, 6.45) is 6.06. The molecule has 0 amide bonds. The molecule has 0 atom stereocenters. The van der Waals surface area contributed by atoms with Gasteiger partial charge in [0.05, 0.1) is 0 Å². The molecule has 2 heterocycles. The summed E-state index contributed by atoms with van der Waals surface area (Å²) in [4.78, 5) is 0. The number of rotatable bonds is 1. The average Bonchev–Trinajstić information content (AvgIpc) is 2.60. The van der Waals surface area contributed by atoms with E-state index in [2.05, 4.69) is 46.4 Å². The van der Waals surface area contributed by atoms with Crippen molar-refractivity contribution in [2.24, 2.45) is 5.41 Å². The Bertz CT molecular complexity index is 410. The van der Waals surface area contributed by atoms with E-state index in [1.807, 2.05) is 12.4 Å². The Labute approximate surface area is 107 Å². The fourth-order valence-electron chi connectivity index (χ4n) is 1.43. The van der Waals surface area contributed by atoms with Crippen LogP contribution in [0.15, 0.2) is 28.1 Å². The molecule has 0 unspecified atom stereocenters. The zero-order valence-corrected chi connectivity index (χ0v) is 12.0. The zero-order chi connectivity index (χ0) is 11.6. The van der Waals surface area contributed by atoms with Crippen molar-refractivity contribution >= 4 is 5.70 Å². The molecule has 1 aromatic heterocycles. The monoisotopic (exact) mass is 330 g/mol. The number of nitrogens with zero attached hydrogens (tertiary/aromatic N) is 1. The number of aromatic nitrogens is 2. The van der Waals surface area contributed by atoms with Gasteiger partial charge in [0, 0.05) is 0 Å². The summed E-state index contributed by atoms with van der Waals surface area (Å²) >= 11 is 0.121. The first kappa shape index (κ1) is 11.7. The first-order valence-electron chi connectivity index (χ1n) is 5.30. The van der Waals surface area contributed by atoms with Crippen LogP contribution in [-0.2, 0) is 0 Å². The van der Waals surface area contributed by atoms with Crippen LogP contribution in [0, 0.1) is 5.41 Å². The quantitative estimate of drug-likeness (QED) is 0.407. The van der Waals surface area contributed by atoms with Crippen molar-refractivity contribution < 1.29 is 21.2 Å². The Kier molecular flexibility index (Phi) is 3.37. The maximum absolute atomic E-state index is 4.00. The molecule has 2 rings (SSSR count). The Morgan fingerprint density at radius 1 is 1.38 bits per heavy atom. The molecule has 0 fully saturated rings. The third-order valence-corrected chi connectivity index (χ3v) is 4.44. The predicted molar refractivity (Wildman–Crippen MR) is 62.1 cm³/mol. The summed E-state index contributed by atoms with van der Waals surface area (Å²) in [5.41, 5.74) is 3.98. The van der Waals surface area contributed by atoms with E-state index in [0.717, 1.165) is 10.1 Å². The maximum atomic E-state index is 4.00. The number of alkyl halides is 1. The van der Waals surface area contributed by atoms with E-state index >= 15 is 0 Å². The average molecular weight is 330 g/mol. The third-order valence-electron chi connectivity index (χ3n) is 2.50. The van der Waals surface area contributed by atoms with Gasteiger partial charge in [-0.3, -0.25) is 0 Å². The summed E-state index contributed by atoms with van der Waals surface area (Å²) in [5, 5.41) is 10.3. The van der Waals surface area contributed by atoms with Crippen LogP contribution in [0.25, 0.3) is 5.70 Å². The second-order valence-corrected chi connectivity index (χ2v) is 7.09. The second-order valence-electron chi connectivity index (χ2n) is 4.82. The van der Waals surface area contributed by atoms with Crippen molar-refractivity contribution in [2.75, 3.05) is 4.55 Å². The third kappa shape index (κ3) is 2.66. The zero-order valence-electron chi connectivity index (χ0n) is 9.84. The Morgan fingerprint density at radius 2 is 2.19 bits per heavy atom. The molecule has 1 aliphatic heterocycles. The van der Waals surface area contributed by atoms with Crippen LogP contribution in [-0.4, -0.2) is 14.7 Å². The van der Waals surface area contributed by atoms with Crippen LogP contribution < -0.4 is 26.5 Å². The summed E-state index contributed by atoms with van der Waals surface area (Å²) in [7, 11) is 0. The van der Waals surface area contributed by atoms with Gasteiger partial charge in [0.25, 0.3) is 0 Å². The van der Waals surface area contributed by atoms with Crippen LogP contribution in [0.3, 0.4) is 0 Å². The number of aromatic amines is 1. The molecule has 0 saturated heterocycles. The molecule has 1 aromatic rings. The molecule has 3 nitrogen and oxygen atoms in total. The van der Waals surface area contributed by atoms with Crippen molar-refractivity contribution in [3.8, 4) is 0 Å². The molecule has 1 aliphatic rings. The van der Waals surface area contributed by atoms with Gasteiger partial charge < -0.3 is 0 Å². The summed E-state index contributed by atoms with van der Waals surface area (Å²) in [6, 6.07) is 0. The number of hydrogen-bond donors (Lipinski definition) is 2. The van der Waals surface area contributed by atoms with E-state index in [1.54, 1.807) is 0 Å². The van der Waals surface area contributed by atoms with Crippen molar-refractivity contribution in [1.82, 2.24) is 15.5 Å². The molecule has 0 radical (unpaired) electrons.